The molecule has 1 saturated carbocycles. The van der Waals surface area contributed by atoms with Crippen LogP contribution in [0, 0.1) is 6.92 Å². The van der Waals surface area contributed by atoms with E-state index in [0.717, 1.165) is 18.5 Å². The number of carbonyl (C=O) groups is 1. The number of nitrogens with zero attached hydrogens (tertiary/aromatic N) is 2. The molecule has 1 aliphatic rings. The second kappa shape index (κ2) is 5.46. The van der Waals surface area contributed by atoms with Crippen LogP contribution in [0.1, 0.15) is 18.5 Å². The molecule has 5 nitrogen and oxygen atoms in total. The Morgan fingerprint density at radius 1 is 1.71 bits per heavy atom. The van der Waals surface area contributed by atoms with E-state index in [1.165, 1.54) is 11.8 Å². The van der Waals surface area contributed by atoms with Crippen LogP contribution >= 0.6 is 11.8 Å². The van der Waals surface area contributed by atoms with Crippen molar-refractivity contribution in [3.8, 4) is 0 Å². The monoisotopic (exact) mass is 253 g/mol. The number of hydrogen-bond acceptors (Lipinski definition) is 5. The molecule has 1 heterocycles. The van der Waals surface area contributed by atoms with E-state index in [4.69, 9.17) is 5.11 Å². The van der Waals surface area contributed by atoms with Gasteiger partial charge in [-0.3, -0.25) is 4.79 Å². The summed E-state index contributed by atoms with van der Waals surface area (Å²) in [5.74, 6) is -0.355. The van der Waals surface area contributed by atoms with Gasteiger partial charge in [0, 0.05) is 23.7 Å². The van der Waals surface area contributed by atoms with Crippen LogP contribution in [-0.4, -0.2) is 38.9 Å². The molecule has 1 aliphatic carbocycles. The first-order chi connectivity index (χ1) is 8.15. The van der Waals surface area contributed by atoms with E-state index < -0.39 is 12.0 Å². The molecule has 1 atom stereocenters. The van der Waals surface area contributed by atoms with Gasteiger partial charge < -0.3 is 10.4 Å². The van der Waals surface area contributed by atoms with E-state index in [-0.39, 0.29) is 0 Å². The first-order valence-corrected chi connectivity index (χ1v) is 6.55. The Bertz CT molecular complexity index is 409. The van der Waals surface area contributed by atoms with E-state index in [9.17, 15) is 4.79 Å². The van der Waals surface area contributed by atoms with Crippen LogP contribution < -0.4 is 5.32 Å². The highest BCUT2D eigenvalue weighted by molar-refractivity contribution is 7.99. The van der Waals surface area contributed by atoms with Gasteiger partial charge in [-0.2, -0.15) is 0 Å². The molecule has 2 rings (SSSR count). The van der Waals surface area contributed by atoms with Crippen molar-refractivity contribution in [1.82, 2.24) is 15.3 Å². The van der Waals surface area contributed by atoms with Gasteiger partial charge in [0.05, 0.1) is 0 Å². The summed E-state index contributed by atoms with van der Waals surface area (Å²) in [7, 11) is 0. The maximum Gasteiger partial charge on any atom is 0.321 e. The SMILES string of the molecule is Cc1ccnc(SCC(NC2CC2)C(=O)O)n1. The van der Waals surface area contributed by atoms with Gasteiger partial charge in [0.25, 0.3) is 0 Å². The van der Waals surface area contributed by atoms with Gasteiger partial charge >= 0.3 is 5.97 Å². The molecule has 0 aliphatic heterocycles. The number of hydrogen-bond donors (Lipinski definition) is 2. The Hall–Kier alpha value is -1.14. The summed E-state index contributed by atoms with van der Waals surface area (Å²) in [4.78, 5) is 19.4. The summed E-state index contributed by atoms with van der Waals surface area (Å²) in [6.45, 7) is 1.89. The minimum Gasteiger partial charge on any atom is -0.480 e. The quantitative estimate of drug-likeness (QED) is 0.584. The maximum absolute atomic E-state index is 11.0. The van der Waals surface area contributed by atoms with Crippen molar-refractivity contribution in [2.24, 2.45) is 0 Å². The number of thioether (sulfide) groups is 1. The number of aryl methyl sites for hydroxylation is 1. The molecule has 0 spiro atoms. The van der Waals surface area contributed by atoms with Gasteiger partial charge in [-0.05, 0) is 25.8 Å². The second-order valence-corrected chi connectivity index (χ2v) is 5.11. The zero-order valence-electron chi connectivity index (χ0n) is 9.59. The van der Waals surface area contributed by atoms with Crippen molar-refractivity contribution < 1.29 is 9.90 Å². The van der Waals surface area contributed by atoms with Gasteiger partial charge in [0.2, 0.25) is 0 Å². The minimum absolute atomic E-state index is 0.384. The number of carboxylic acids is 1. The molecule has 6 heteroatoms. The topological polar surface area (TPSA) is 75.1 Å². The molecule has 1 fully saturated rings. The lowest BCUT2D eigenvalue weighted by Gasteiger charge is -2.12. The normalized spacial score (nSPS) is 16.8. The highest BCUT2D eigenvalue weighted by atomic mass is 32.2. The van der Waals surface area contributed by atoms with Crippen LogP contribution in [-0.2, 0) is 4.79 Å². The van der Waals surface area contributed by atoms with Gasteiger partial charge in [-0.15, -0.1) is 0 Å². The molecule has 2 N–H and O–H groups in total. The molecule has 0 amide bonds. The van der Waals surface area contributed by atoms with Crippen LogP contribution in [0.15, 0.2) is 17.4 Å². The highest BCUT2D eigenvalue weighted by Crippen LogP contribution is 2.21. The van der Waals surface area contributed by atoms with Crippen LogP contribution in [0.2, 0.25) is 0 Å². The molecular weight excluding hydrogens is 238 g/mol. The molecule has 0 saturated heterocycles. The lowest BCUT2D eigenvalue weighted by Crippen LogP contribution is -2.40. The smallest absolute Gasteiger partial charge is 0.321 e. The lowest BCUT2D eigenvalue weighted by atomic mass is 10.3. The van der Waals surface area contributed by atoms with Crippen molar-refractivity contribution >= 4 is 17.7 Å². The predicted molar refractivity (Wildman–Crippen MR) is 65.1 cm³/mol. The van der Waals surface area contributed by atoms with Crippen LogP contribution in [0.3, 0.4) is 0 Å². The summed E-state index contributed by atoms with van der Waals surface area (Å²) in [5.41, 5.74) is 0.893. The maximum atomic E-state index is 11.0. The molecule has 0 aromatic carbocycles. The van der Waals surface area contributed by atoms with E-state index in [0.29, 0.717) is 17.0 Å². The van der Waals surface area contributed by atoms with Crippen molar-refractivity contribution in [2.45, 2.75) is 37.0 Å². The van der Waals surface area contributed by atoms with Gasteiger partial charge in [0.1, 0.15) is 6.04 Å². The largest absolute Gasteiger partial charge is 0.480 e. The Labute approximate surface area is 104 Å². The third-order valence-corrected chi connectivity index (χ3v) is 3.42. The fourth-order valence-electron chi connectivity index (χ4n) is 1.38. The molecule has 1 aromatic heterocycles. The Morgan fingerprint density at radius 3 is 3.06 bits per heavy atom. The van der Waals surface area contributed by atoms with Crippen molar-refractivity contribution in [1.29, 1.82) is 0 Å². The second-order valence-electron chi connectivity index (χ2n) is 4.12. The zero-order valence-corrected chi connectivity index (χ0v) is 10.4. The number of nitrogens with one attached hydrogen (secondary N) is 1. The first-order valence-electron chi connectivity index (χ1n) is 5.56. The molecule has 92 valence electrons. The number of aliphatic carboxylic acids is 1. The Morgan fingerprint density at radius 2 is 2.47 bits per heavy atom. The third-order valence-electron chi connectivity index (χ3n) is 2.46. The summed E-state index contributed by atoms with van der Waals surface area (Å²) >= 11 is 1.38. The van der Waals surface area contributed by atoms with E-state index in [1.807, 2.05) is 13.0 Å². The third kappa shape index (κ3) is 3.98. The standard InChI is InChI=1S/C11H15N3O2S/c1-7-4-5-12-11(13-7)17-6-9(10(15)16)14-8-2-3-8/h4-5,8-9,14H,2-3,6H2,1H3,(H,15,16). The molecule has 0 bridgehead atoms. The van der Waals surface area contributed by atoms with Gasteiger partial charge in [-0.1, -0.05) is 11.8 Å². The first kappa shape index (κ1) is 12.3. The Balaban J connectivity index is 1.87. The van der Waals surface area contributed by atoms with Crippen LogP contribution in [0.5, 0.6) is 0 Å². The fraction of sp³-hybridized carbons (Fsp3) is 0.545. The number of carboxylic acid groups (broad SMARTS) is 1. The van der Waals surface area contributed by atoms with E-state index >= 15 is 0 Å². The summed E-state index contributed by atoms with van der Waals surface area (Å²) in [5, 5.41) is 12.8. The van der Waals surface area contributed by atoms with E-state index in [1.54, 1.807) is 6.20 Å². The average molecular weight is 253 g/mol. The highest BCUT2D eigenvalue weighted by Gasteiger charge is 2.28. The van der Waals surface area contributed by atoms with Crippen LogP contribution in [0.4, 0.5) is 0 Å². The predicted octanol–water partition coefficient (Wildman–Crippen LogP) is 1.08. The van der Waals surface area contributed by atoms with Gasteiger partial charge in [0.15, 0.2) is 5.16 Å². The summed E-state index contributed by atoms with van der Waals surface area (Å²) in [6, 6.07) is 1.69. The van der Waals surface area contributed by atoms with Crippen LogP contribution in [0.25, 0.3) is 0 Å². The van der Waals surface area contributed by atoms with Crippen molar-refractivity contribution in [3.05, 3.63) is 18.0 Å². The molecule has 1 aromatic rings. The van der Waals surface area contributed by atoms with Gasteiger partial charge in [-0.25, -0.2) is 9.97 Å². The summed E-state index contributed by atoms with van der Waals surface area (Å²) < 4.78 is 0. The van der Waals surface area contributed by atoms with Crippen molar-refractivity contribution in [3.63, 3.8) is 0 Å². The average Bonchev–Trinajstić information content (AvgIpc) is 3.07. The number of rotatable bonds is 6. The fourth-order valence-corrected chi connectivity index (χ4v) is 2.28. The lowest BCUT2D eigenvalue weighted by molar-refractivity contribution is -0.138. The molecular formula is C11H15N3O2S. The molecule has 1 unspecified atom stereocenters. The zero-order chi connectivity index (χ0) is 12.3. The minimum atomic E-state index is -0.808. The molecule has 0 radical (unpaired) electrons. The van der Waals surface area contributed by atoms with E-state index in [2.05, 4.69) is 15.3 Å². The number of aromatic nitrogens is 2. The van der Waals surface area contributed by atoms with Crippen molar-refractivity contribution in [2.75, 3.05) is 5.75 Å². The molecule has 17 heavy (non-hydrogen) atoms. The summed E-state index contributed by atoms with van der Waals surface area (Å²) in [6.07, 6.45) is 3.85. The Kier molecular flexibility index (Phi) is 3.96.